The summed E-state index contributed by atoms with van der Waals surface area (Å²) < 4.78 is 21.7. The van der Waals surface area contributed by atoms with Crippen LogP contribution in [0.3, 0.4) is 0 Å². The molecule has 1 heterocycles. The molecule has 0 saturated carbocycles. The Labute approximate surface area is 188 Å². The molecule has 1 aromatic heterocycles. The summed E-state index contributed by atoms with van der Waals surface area (Å²) in [5.41, 5.74) is 0.367. The second kappa shape index (κ2) is 7.88. The Bertz CT molecular complexity index is 1390. The van der Waals surface area contributed by atoms with Gasteiger partial charge in [-0.1, -0.05) is 42.5 Å². The number of rotatable bonds is 4. The van der Waals surface area contributed by atoms with Crippen LogP contribution >= 0.6 is 10.5 Å². The second-order valence-electron chi connectivity index (χ2n) is 8.23. The lowest BCUT2D eigenvalue weighted by Gasteiger charge is -2.25. The summed E-state index contributed by atoms with van der Waals surface area (Å²) in [5, 5.41) is 2.49. The van der Waals surface area contributed by atoms with Crippen molar-refractivity contribution in [2.24, 2.45) is 0 Å². The topological polar surface area (TPSA) is 26.3 Å². The fourth-order valence-corrected chi connectivity index (χ4v) is 6.49. The van der Waals surface area contributed by atoms with Gasteiger partial charge in [0.25, 0.3) is 0 Å². The molecule has 0 unspecified atom stereocenters. The molecule has 5 aromatic rings. The molecular weight excluding hydrogens is 419 g/mol. The minimum Gasteiger partial charge on any atom is -0.451 e. The van der Waals surface area contributed by atoms with Crippen LogP contribution in [-0.4, -0.2) is 5.97 Å². The summed E-state index contributed by atoms with van der Waals surface area (Å²) >= 11 is 0. The number of carbonyl (C=O) groups is 1. The molecule has 0 radical (unpaired) electrons. The molecular formula is C28H22FO2S+. The monoisotopic (exact) mass is 441 g/mol. The normalized spacial score (nSPS) is 11.7. The van der Waals surface area contributed by atoms with E-state index in [2.05, 4.69) is 54.6 Å². The highest BCUT2D eigenvalue weighted by molar-refractivity contribution is 7.50. The second-order valence-corrected chi connectivity index (χ2v) is 10.2. The lowest BCUT2D eigenvalue weighted by Crippen LogP contribution is -2.25. The fraction of sp³-hybridized carbons (Fsp3) is 0.107. The molecule has 4 aromatic carbocycles. The molecule has 0 N–H and O–H groups in total. The maximum Gasteiger partial charge on any atom is 0.339 e. The smallest absolute Gasteiger partial charge is 0.339 e. The molecule has 0 aliphatic rings. The maximum atomic E-state index is 13.3. The van der Waals surface area contributed by atoms with Gasteiger partial charge in [-0.25, -0.2) is 9.18 Å². The largest absolute Gasteiger partial charge is 0.451 e. The van der Waals surface area contributed by atoms with E-state index < -0.39 is 11.6 Å². The number of hydrogen-bond acceptors (Lipinski definition) is 2. The zero-order valence-electron chi connectivity index (χ0n) is 17.8. The van der Waals surface area contributed by atoms with Gasteiger partial charge in [-0.05, 0) is 67.9 Å². The zero-order valence-corrected chi connectivity index (χ0v) is 18.7. The quantitative estimate of drug-likeness (QED) is 0.209. The number of halogens is 1. The SMILES string of the molecule is CC(C)(OC(=O)c1cccc(-[s+]2c3ccccc3c3ccccc32)c1)c1ccc(F)cc1. The van der Waals surface area contributed by atoms with Gasteiger partial charge < -0.3 is 4.74 Å². The predicted molar refractivity (Wildman–Crippen MR) is 130 cm³/mol. The van der Waals surface area contributed by atoms with E-state index >= 15 is 0 Å². The first kappa shape index (κ1) is 20.4. The van der Waals surface area contributed by atoms with Crippen LogP contribution in [0.4, 0.5) is 4.39 Å². The van der Waals surface area contributed by atoms with Crippen LogP contribution < -0.4 is 0 Å². The van der Waals surface area contributed by atoms with Crippen molar-refractivity contribution in [2.75, 3.05) is 0 Å². The molecule has 0 aliphatic carbocycles. The summed E-state index contributed by atoms with van der Waals surface area (Å²) in [6.07, 6.45) is 0. The van der Waals surface area contributed by atoms with Crippen molar-refractivity contribution in [2.45, 2.75) is 19.4 Å². The third-order valence-corrected chi connectivity index (χ3v) is 8.01. The first-order valence-corrected chi connectivity index (χ1v) is 11.7. The van der Waals surface area contributed by atoms with E-state index in [1.165, 1.54) is 32.3 Å². The van der Waals surface area contributed by atoms with Gasteiger partial charge in [0.2, 0.25) is 0 Å². The molecule has 5 rings (SSSR count). The van der Waals surface area contributed by atoms with Gasteiger partial charge in [0.15, 0.2) is 14.3 Å². The van der Waals surface area contributed by atoms with Crippen LogP contribution in [0.1, 0.15) is 29.8 Å². The standard InChI is InChI=1S/C28H22FO2S/c1-28(2,20-14-16-21(29)17-15-20)31-27(30)19-8-7-9-22(18-19)32-25-12-5-3-10-23(25)24-11-4-6-13-26(24)32/h3-18H,1-2H3/q+1. The van der Waals surface area contributed by atoms with E-state index in [4.69, 9.17) is 4.74 Å². The van der Waals surface area contributed by atoms with Gasteiger partial charge in [-0.2, -0.15) is 0 Å². The minimum atomic E-state index is -0.879. The van der Waals surface area contributed by atoms with E-state index in [0.29, 0.717) is 5.56 Å². The van der Waals surface area contributed by atoms with Gasteiger partial charge >= 0.3 is 5.97 Å². The Balaban J connectivity index is 1.54. The molecule has 4 heteroatoms. The Kier molecular flexibility index (Phi) is 5.03. The molecule has 0 bridgehead atoms. The molecule has 0 spiro atoms. The van der Waals surface area contributed by atoms with Crippen molar-refractivity contribution >= 4 is 36.6 Å². The maximum absolute atomic E-state index is 13.3. The number of fused-ring (bicyclic) bond motifs is 3. The molecule has 0 saturated heterocycles. The Morgan fingerprint density at radius 1 is 0.781 bits per heavy atom. The third-order valence-electron chi connectivity index (χ3n) is 5.70. The van der Waals surface area contributed by atoms with Gasteiger partial charge in [0, 0.05) is 27.3 Å². The molecule has 158 valence electrons. The number of esters is 1. The number of hydrogen-bond donors (Lipinski definition) is 0. The van der Waals surface area contributed by atoms with E-state index in [1.807, 2.05) is 26.0 Å². The van der Waals surface area contributed by atoms with Crippen LogP contribution in [0.2, 0.25) is 0 Å². The molecule has 0 amide bonds. The third kappa shape index (κ3) is 3.57. The van der Waals surface area contributed by atoms with Gasteiger partial charge in [0.05, 0.1) is 5.56 Å². The molecule has 0 atom stereocenters. The van der Waals surface area contributed by atoms with E-state index in [9.17, 15) is 9.18 Å². The van der Waals surface area contributed by atoms with E-state index in [0.717, 1.165) is 10.5 Å². The van der Waals surface area contributed by atoms with Gasteiger partial charge in [-0.15, -0.1) is 0 Å². The summed E-state index contributed by atoms with van der Waals surface area (Å²) in [5.74, 6) is -0.716. The summed E-state index contributed by atoms with van der Waals surface area (Å²) in [6, 6.07) is 30.6. The number of carbonyl (C=O) groups excluding carboxylic acids is 1. The molecule has 0 fully saturated rings. The van der Waals surface area contributed by atoms with Gasteiger partial charge in [0.1, 0.15) is 11.4 Å². The highest BCUT2D eigenvalue weighted by Crippen LogP contribution is 2.48. The average Bonchev–Trinajstić information content (AvgIpc) is 3.14. The number of ether oxygens (including phenoxy) is 1. The van der Waals surface area contributed by atoms with Crippen LogP contribution in [0.15, 0.2) is 97.1 Å². The summed E-state index contributed by atoms with van der Waals surface area (Å²) in [6.45, 7) is 3.63. The van der Waals surface area contributed by atoms with Crippen molar-refractivity contribution in [1.82, 2.24) is 0 Å². The van der Waals surface area contributed by atoms with Crippen LogP contribution in [0.25, 0.3) is 25.1 Å². The van der Waals surface area contributed by atoms with Crippen molar-refractivity contribution < 1.29 is 13.9 Å². The van der Waals surface area contributed by atoms with Crippen molar-refractivity contribution in [3.05, 3.63) is 114 Å². The molecule has 32 heavy (non-hydrogen) atoms. The Hall–Kier alpha value is -3.50. The summed E-state index contributed by atoms with van der Waals surface area (Å²) in [7, 11) is -0.279. The molecule has 0 aliphatic heterocycles. The Morgan fingerprint density at radius 2 is 1.38 bits per heavy atom. The van der Waals surface area contributed by atoms with E-state index in [-0.39, 0.29) is 16.3 Å². The van der Waals surface area contributed by atoms with E-state index in [1.54, 1.807) is 18.2 Å². The first-order chi connectivity index (χ1) is 15.4. The fourth-order valence-electron chi connectivity index (χ4n) is 4.06. The highest BCUT2D eigenvalue weighted by atomic mass is 32.2. The minimum absolute atomic E-state index is 0.279. The van der Waals surface area contributed by atoms with Crippen molar-refractivity contribution in [1.29, 1.82) is 0 Å². The molecule has 2 nitrogen and oxygen atoms in total. The van der Waals surface area contributed by atoms with Crippen LogP contribution in [0.5, 0.6) is 0 Å². The lowest BCUT2D eigenvalue weighted by molar-refractivity contribution is -0.00313. The first-order valence-electron chi connectivity index (χ1n) is 10.5. The lowest BCUT2D eigenvalue weighted by atomic mass is 9.98. The zero-order chi connectivity index (χ0) is 22.3. The average molecular weight is 442 g/mol. The highest BCUT2D eigenvalue weighted by Gasteiger charge is 2.28. The van der Waals surface area contributed by atoms with Gasteiger partial charge in [-0.3, -0.25) is 0 Å². The number of benzene rings is 4. The number of thiophene rings is 1. The van der Waals surface area contributed by atoms with Crippen LogP contribution in [0, 0.1) is 5.82 Å². The van der Waals surface area contributed by atoms with Crippen LogP contribution in [-0.2, 0) is 10.3 Å². The Morgan fingerprint density at radius 3 is 2.00 bits per heavy atom. The summed E-state index contributed by atoms with van der Waals surface area (Å²) in [4.78, 5) is 14.1. The van der Waals surface area contributed by atoms with Crippen molar-refractivity contribution in [3.63, 3.8) is 0 Å². The van der Waals surface area contributed by atoms with Crippen molar-refractivity contribution in [3.8, 4) is 4.90 Å². The predicted octanol–water partition coefficient (Wildman–Crippen LogP) is 7.96.